The Morgan fingerprint density at radius 2 is 1.50 bits per heavy atom. The molecule has 0 amide bonds. The van der Waals surface area contributed by atoms with E-state index >= 15 is 0 Å². The predicted octanol–water partition coefficient (Wildman–Crippen LogP) is -1.33. The number of nitrogens with two attached hydrogens (primary N) is 2. The Morgan fingerprint density at radius 1 is 1.00 bits per heavy atom. The van der Waals surface area contributed by atoms with Crippen molar-refractivity contribution >= 4 is 0 Å². The summed E-state index contributed by atoms with van der Waals surface area (Å²) in [5, 5.41) is 35.3. The first-order chi connectivity index (χ1) is 5.46. The van der Waals surface area contributed by atoms with Gasteiger partial charge >= 0.3 is 0 Å². The SMILES string of the molecule is NC1=C(O)N(O)N(O)C(N)=C1O. The second-order valence-corrected chi connectivity index (χ2v) is 2.05. The Balaban J connectivity index is 3.18. The van der Waals surface area contributed by atoms with Crippen molar-refractivity contribution in [3.05, 3.63) is 23.2 Å². The second kappa shape index (κ2) is 2.36. The minimum absolute atomic E-state index is 0.0684. The third-order valence-electron chi connectivity index (χ3n) is 1.32. The van der Waals surface area contributed by atoms with Crippen LogP contribution in [0.1, 0.15) is 0 Å². The molecule has 0 saturated carbocycles. The number of rotatable bonds is 0. The van der Waals surface area contributed by atoms with Crippen LogP contribution in [0.3, 0.4) is 0 Å². The van der Waals surface area contributed by atoms with Gasteiger partial charge in [0.25, 0.3) is 5.88 Å². The molecule has 0 atom stereocenters. The third kappa shape index (κ3) is 0.863. The quantitative estimate of drug-likeness (QED) is 0.267. The molecule has 1 aliphatic rings. The Hall–Kier alpha value is -1.80. The largest absolute Gasteiger partial charge is 0.503 e. The molecule has 0 fully saturated rings. The van der Waals surface area contributed by atoms with E-state index in [0.717, 1.165) is 0 Å². The minimum Gasteiger partial charge on any atom is -0.503 e. The first-order valence-corrected chi connectivity index (χ1v) is 2.82. The fourth-order valence-electron chi connectivity index (χ4n) is 0.638. The fourth-order valence-corrected chi connectivity index (χ4v) is 0.638. The van der Waals surface area contributed by atoms with Crippen molar-refractivity contribution in [2.45, 2.75) is 0 Å². The molecule has 0 radical (unpaired) electrons. The zero-order chi connectivity index (χ0) is 9.46. The van der Waals surface area contributed by atoms with E-state index in [1.807, 2.05) is 0 Å². The van der Waals surface area contributed by atoms with E-state index in [2.05, 4.69) is 0 Å². The molecule has 8 N–H and O–H groups in total. The van der Waals surface area contributed by atoms with Gasteiger partial charge in [0.1, 0.15) is 5.70 Å². The van der Waals surface area contributed by atoms with Gasteiger partial charge in [-0.2, -0.15) is 0 Å². The molecule has 0 aromatic rings. The number of hydrazine groups is 1. The van der Waals surface area contributed by atoms with Crippen LogP contribution in [-0.4, -0.2) is 31.0 Å². The van der Waals surface area contributed by atoms with Gasteiger partial charge in [0.2, 0.25) is 0 Å². The number of aliphatic hydroxyl groups is 2. The molecule has 0 saturated heterocycles. The number of nitrogens with zero attached hydrogens (tertiary/aromatic N) is 2. The van der Waals surface area contributed by atoms with Gasteiger partial charge in [-0.1, -0.05) is 5.17 Å². The van der Waals surface area contributed by atoms with E-state index < -0.39 is 23.2 Å². The smallest absolute Gasteiger partial charge is 0.262 e. The average molecular weight is 176 g/mol. The number of hydrogen-bond acceptors (Lipinski definition) is 8. The first-order valence-electron chi connectivity index (χ1n) is 2.82. The molecule has 8 heteroatoms. The summed E-state index contributed by atoms with van der Waals surface area (Å²) in [5.74, 6) is -2.21. The topological polar surface area (TPSA) is 139 Å². The average Bonchev–Trinajstić information content (AvgIpc) is 2.08. The molecule has 1 rings (SSSR count). The maximum atomic E-state index is 8.98. The lowest BCUT2D eigenvalue weighted by molar-refractivity contribution is -0.347. The predicted molar refractivity (Wildman–Crippen MR) is 34.9 cm³/mol. The highest BCUT2D eigenvalue weighted by atomic mass is 16.7. The maximum absolute atomic E-state index is 8.98. The number of hydroxylamine groups is 2. The second-order valence-electron chi connectivity index (χ2n) is 2.05. The summed E-state index contributed by atoms with van der Waals surface area (Å²) in [7, 11) is 0. The van der Waals surface area contributed by atoms with E-state index in [1.54, 1.807) is 0 Å². The van der Waals surface area contributed by atoms with Crippen LogP contribution in [0.15, 0.2) is 23.2 Å². The monoisotopic (exact) mass is 176 g/mol. The van der Waals surface area contributed by atoms with E-state index in [1.165, 1.54) is 0 Å². The van der Waals surface area contributed by atoms with Gasteiger partial charge in [-0.05, 0) is 0 Å². The standard InChI is InChI=1S/C4H8N4O4/c5-1-2(9)3(6)7(11)8(12)4(1)10/h9-12H,5-6H2. The van der Waals surface area contributed by atoms with Gasteiger partial charge < -0.3 is 21.7 Å². The molecule has 0 aromatic carbocycles. The molecule has 1 heterocycles. The lowest BCUT2D eigenvalue weighted by Crippen LogP contribution is -2.44. The molecule has 0 aromatic heterocycles. The summed E-state index contributed by atoms with van der Waals surface area (Å²) in [6.07, 6.45) is 0. The molecule has 0 unspecified atom stereocenters. The zero-order valence-electron chi connectivity index (χ0n) is 5.84. The van der Waals surface area contributed by atoms with Crippen molar-refractivity contribution in [2.75, 3.05) is 0 Å². The summed E-state index contributed by atoms with van der Waals surface area (Å²) in [4.78, 5) is 0. The van der Waals surface area contributed by atoms with Gasteiger partial charge in [0.15, 0.2) is 11.6 Å². The van der Waals surface area contributed by atoms with E-state index in [4.69, 9.17) is 32.1 Å². The molecule has 1 aliphatic heterocycles. The summed E-state index contributed by atoms with van der Waals surface area (Å²) in [5.41, 5.74) is 9.58. The van der Waals surface area contributed by atoms with Crippen molar-refractivity contribution in [3.63, 3.8) is 0 Å². The highest BCUT2D eigenvalue weighted by Gasteiger charge is 2.28. The van der Waals surface area contributed by atoms with Crippen LogP contribution in [0, 0.1) is 0 Å². The van der Waals surface area contributed by atoms with Gasteiger partial charge in [-0.25, -0.2) is 0 Å². The van der Waals surface area contributed by atoms with Crippen molar-refractivity contribution in [1.82, 2.24) is 10.3 Å². The number of aliphatic hydroxyl groups excluding tert-OH is 2. The highest BCUT2D eigenvalue weighted by Crippen LogP contribution is 2.19. The molecular formula is C4H8N4O4. The normalized spacial score (nSPS) is 19.2. The zero-order valence-corrected chi connectivity index (χ0v) is 5.84. The van der Waals surface area contributed by atoms with Crippen molar-refractivity contribution in [1.29, 1.82) is 0 Å². The van der Waals surface area contributed by atoms with Crippen LogP contribution < -0.4 is 11.5 Å². The summed E-state index contributed by atoms with van der Waals surface area (Å²) in [6, 6.07) is 0. The lowest BCUT2D eigenvalue weighted by Gasteiger charge is -2.29. The molecule has 0 aliphatic carbocycles. The van der Waals surface area contributed by atoms with Crippen LogP contribution >= 0.6 is 0 Å². The van der Waals surface area contributed by atoms with Gasteiger partial charge in [-0.15, -0.1) is 5.17 Å². The van der Waals surface area contributed by atoms with Crippen LogP contribution in [0.2, 0.25) is 0 Å². The van der Waals surface area contributed by atoms with Crippen LogP contribution in [-0.2, 0) is 0 Å². The van der Waals surface area contributed by atoms with Crippen LogP contribution in [0.5, 0.6) is 0 Å². The highest BCUT2D eigenvalue weighted by molar-refractivity contribution is 5.28. The van der Waals surface area contributed by atoms with Crippen molar-refractivity contribution < 1.29 is 20.6 Å². The maximum Gasteiger partial charge on any atom is 0.262 e. The first kappa shape index (κ1) is 8.30. The van der Waals surface area contributed by atoms with Crippen molar-refractivity contribution in [3.8, 4) is 0 Å². The summed E-state index contributed by atoms with van der Waals surface area (Å²) < 4.78 is 0. The molecule has 12 heavy (non-hydrogen) atoms. The molecule has 0 spiro atoms. The Kier molecular flexibility index (Phi) is 1.63. The number of hydrogen-bond donors (Lipinski definition) is 6. The van der Waals surface area contributed by atoms with Gasteiger partial charge in [-0.3, -0.25) is 10.4 Å². The Morgan fingerprint density at radius 3 is 2.00 bits per heavy atom. The molecule has 0 bridgehead atoms. The van der Waals surface area contributed by atoms with Crippen LogP contribution in [0.4, 0.5) is 0 Å². The third-order valence-corrected chi connectivity index (χ3v) is 1.32. The molecule has 68 valence electrons. The molecular weight excluding hydrogens is 168 g/mol. The summed E-state index contributed by atoms with van der Waals surface area (Å²) >= 11 is 0. The summed E-state index contributed by atoms with van der Waals surface area (Å²) in [6.45, 7) is 0. The van der Waals surface area contributed by atoms with E-state index in [0.29, 0.717) is 0 Å². The van der Waals surface area contributed by atoms with Gasteiger partial charge in [0, 0.05) is 0 Å². The molecule has 8 nitrogen and oxygen atoms in total. The fraction of sp³-hybridized carbons (Fsp3) is 0. The van der Waals surface area contributed by atoms with Gasteiger partial charge in [0.05, 0.1) is 0 Å². The minimum atomic E-state index is -0.913. The van der Waals surface area contributed by atoms with Crippen molar-refractivity contribution in [2.24, 2.45) is 11.5 Å². The lowest BCUT2D eigenvalue weighted by atomic mass is 10.3. The van der Waals surface area contributed by atoms with Crippen LogP contribution in [0.25, 0.3) is 0 Å². The van der Waals surface area contributed by atoms with E-state index in [9.17, 15) is 0 Å². The van der Waals surface area contributed by atoms with E-state index in [-0.39, 0.29) is 10.3 Å². The Bertz CT molecular complexity index is 244. The Labute approximate surface area is 66.7 Å².